The molecule has 19 heavy (non-hydrogen) atoms. The molecule has 2 N–H and O–H groups in total. The number of sulfonamides is 1. The summed E-state index contributed by atoms with van der Waals surface area (Å²) in [6, 6.07) is 0.177. The van der Waals surface area contributed by atoms with Crippen LogP contribution < -0.4 is 10.0 Å². The molecule has 0 spiro atoms. The second kappa shape index (κ2) is 8.93. The molecular weight excluding hydrogens is 260 g/mol. The van der Waals surface area contributed by atoms with E-state index in [1.807, 2.05) is 0 Å². The Hall–Kier alpha value is -0.130. The summed E-state index contributed by atoms with van der Waals surface area (Å²) in [5.41, 5.74) is 0. The standard InChI is InChI=1S/C14H30N2O2S/c1-3-10-15-11-5-12-19(17,18)16-14-8-6-13(4-2)7-9-14/h13-16H,3-12H2,1-2H3. The molecule has 5 heteroatoms. The van der Waals surface area contributed by atoms with Gasteiger partial charge in [0, 0.05) is 6.04 Å². The maximum absolute atomic E-state index is 11.9. The maximum Gasteiger partial charge on any atom is 0.211 e. The highest BCUT2D eigenvalue weighted by atomic mass is 32.2. The van der Waals surface area contributed by atoms with Crippen LogP contribution in [0.3, 0.4) is 0 Å². The molecule has 0 atom stereocenters. The topological polar surface area (TPSA) is 58.2 Å². The molecule has 1 fully saturated rings. The van der Waals surface area contributed by atoms with Crippen molar-refractivity contribution >= 4 is 10.0 Å². The number of hydrogen-bond donors (Lipinski definition) is 2. The first-order valence-electron chi connectivity index (χ1n) is 7.78. The third kappa shape index (κ3) is 7.28. The third-order valence-electron chi connectivity index (χ3n) is 3.96. The highest BCUT2D eigenvalue weighted by Gasteiger charge is 2.23. The SMILES string of the molecule is CCCNCCCS(=O)(=O)NC1CCC(CC)CC1. The van der Waals surface area contributed by atoms with E-state index >= 15 is 0 Å². The van der Waals surface area contributed by atoms with Gasteiger partial charge in [-0.3, -0.25) is 0 Å². The van der Waals surface area contributed by atoms with Gasteiger partial charge in [-0.05, 0) is 57.5 Å². The van der Waals surface area contributed by atoms with Crippen LogP contribution in [0, 0.1) is 5.92 Å². The zero-order chi connectivity index (χ0) is 14.1. The molecule has 0 saturated heterocycles. The second-order valence-electron chi connectivity index (χ2n) is 5.67. The molecule has 0 amide bonds. The molecule has 0 bridgehead atoms. The molecule has 1 aliphatic rings. The molecule has 4 nitrogen and oxygen atoms in total. The van der Waals surface area contributed by atoms with Gasteiger partial charge in [-0.15, -0.1) is 0 Å². The van der Waals surface area contributed by atoms with Crippen molar-refractivity contribution in [2.24, 2.45) is 5.92 Å². The van der Waals surface area contributed by atoms with Crippen LogP contribution >= 0.6 is 0 Å². The molecular formula is C14H30N2O2S. The Morgan fingerprint density at radius 3 is 2.32 bits per heavy atom. The molecule has 1 aliphatic carbocycles. The Balaban J connectivity index is 2.19. The summed E-state index contributed by atoms with van der Waals surface area (Å²) >= 11 is 0. The van der Waals surface area contributed by atoms with Crippen LogP contribution in [-0.4, -0.2) is 33.3 Å². The van der Waals surface area contributed by atoms with Crippen LogP contribution in [0.1, 0.15) is 58.8 Å². The van der Waals surface area contributed by atoms with Crippen molar-refractivity contribution in [1.82, 2.24) is 10.0 Å². The molecule has 114 valence electrons. The van der Waals surface area contributed by atoms with Gasteiger partial charge in [0.05, 0.1) is 5.75 Å². The highest BCUT2D eigenvalue weighted by molar-refractivity contribution is 7.89. The van der Waals surface area contributed by atoms with Crippen molar-refractivity contribution in [3.05, 3.63) is 0 Å². The largest absolute Gasteiger partial charge is 0.317 e. The van der Waals surface area contributed by atoms with E-state index < -0.39 is 10.0 Å². The molecule has 1 saturated carbocycles. The molecule has 0 unspecified atom stereocenters. The van der Waals surface area contributed by atoms with Gasteiger partial charge in [-0.25, -0.2) is 13.1 Å². The molecule has 0 aliphatic heterocycles. The molecule has 0 aromatic rings. The number of nitrogens with one attached hydrogen (secondary N) is 2. The van der Waals surface area contributed by atoms with Crippen molar-refractivity contribution in [1.29, 1.82) is 0 Å². The molecule has 0 heterocycles. The Bertz CT molecular complexity index is 322. The van der Waals surface area contributed by atoms with Gasteiger partial charge in [-0.1, -0.05) is 20.3 Å². The van der Waals surface area contributed by atoms with Gasteiger partial charge < -0.3 is 5.32 Å². The van der Waals surface area contributed by atoms with Crippen molar-refractivity contribution in [3.8, 4) is 0 Å². The van der Waals surface area contributed by atoms with E-state index in [0.717, 1.165) is 38.3 Å². The summed E-state index contributed by atoms with van der Waals surface area (Å²) in [6.07, 6.45) is 7.36. The summed E-state index contributed by atoms with van der Waals surface area (Å²) in [5, 5.41) is 3.23. The predicted molar refractivity (Wildman–Crippen MR) is 80.7 cm³/mol. The van der Waals surface area contributed by atoms with Crippen molar-refractivity contribution in [2.45, 2.75) is 64.8 Å². The van der Waals surface area contributed by atoms with Crippen LogP contribution in [-0.2, 0) is 10.0 Å². The lowest BCUT2D eigenvalue weighted by atomic mass is 9.85. The van der Waals surface area contributed by atoms with Gasteiger partial charge in [0.15, 0.2) is 0 Å². The van der Waals surface area contributed by atoms with Crippen LogP contribution in [0.4, 0.5) is 0 Å². The lowest BCUT2D eigenvalue weighted by molar-refractivity contribution is 0.306. The van der Waals surface area contributed by atoms with Gasteiger partial charge >= 0.3 is 0 Å². The van der Waals surface area contributed by atoms with E-state index in [4.69, 9.17) is 0 Å². The third-order valence-corrected chi connectivity index (χ3v) is 5.48. The minimum absolute atomic E-state index is 0.177. The smallest absolute Gasteiger partial charge is 0.211 e. The zero-order valence-corrected chi connectivity index (χ0v) is 13.3. The van der Waals surface area contributed by atoms with Gasteiger partial charge in [-0.2, -0.15) is 0 Å². The zero-order valence-electron chi connectivity index (χ0n) is 12.5. The monoisotopic (exact) mass is 290 g/mol. The number of rotatable bonds is 9. The van der Waals surface area contributed by atoms with E-state index in [9.17, 15) is 8.42 Å². The van der Waals surface area contributed by atoms with E-state index in [0.29, 0.717) is 6.42 Å². The highest BCUT2D eigenvalue weighted by Crippen LogP contribution is 2.26. The predicted octanol–water partition coefficient (Wildman–Crippen LogP) is 2.26. The van der Waals surface area contributed by atoms with Gasteiger partial charge in [0.25, 0.3) is 0 Å². The summed E-state index contributed by atoms with van der Waals surface area (Å²) in [4.78, 5) is 0. The number of hydrogen-bond acceptors (Lipinski definition) is 3. The Morgan fingerprint density at radius 1 is 1.05 bits per heavy atom. The van der Waals surface area contributed by atoms with E-state index in [2.05, 4.69) is 23.9 Å². The second-order valence-corrected chi connectivity index (χ2v) is 7.54. The lowest BCUT2D eigenvalue weighted by Gasteiger charge is -2.28. The Morgan fingerprint density at radius 2 is 1.74 bits per heavy atom. The normalized spacial score (nSPS) is 24.5. The average molecular weight is 290 g/mol. The van der Waals surface area contributed by atoms with Crippen molar-refractivity contribution in [3.63, 3.8) is 0 Å². The van der Waals surface area contributed by atoms with Crippen molar-refractivity contribution < 1.29 is 8.42 Å². The lowest BCUT2D eigenvalue weighted by Crippen LogP contribution is -2.39. The summed E-state index contributed by atoms with van der Waals surface area (Å²) < 4.78 is 26.8. The summed E-state index contributed by atoms with van der Waals surface area (Å²) in [5.74, 6) is 1.05. The molecule has 0 aromatic carbocycles. The average Bonchev–Trinajstić information content (AvgIpc) is 2.39. The Labute approximate surface area is 118 Å². The quantitative estimate of drug-likeness (QED) is 0.640. The van der Waals surface area contributed by atoms with Crippen LogP contribution in [0.5, 0.6) is 0 Å². The summed E-state index contributed by atoms with van der Waals surface area (Å²) in [6.45, 7) is 6.09. The van der Waals surface area contributed by atoms with Crippen molar-refractivity contribution in [2.75, 3.05) is 18.8 Å². The van der Waals surface area contributed by atoms with Crippen LogP contribution in [0.2, 0.25) is 0 Å². The first-order chi connectivity index (χ1) is 9.07. The summed E-state index contributed by atoms with van der Waals surface area (Å²) in [7, 11) is -3.08. The fourth-order valence-electron chi connectivity index (χ4n) is 2.69. The van der Waals surface area contributed by atoms with Gasteiger partial charge in [0.1, 0.15) is 0 Å². The van der Waals surface area contributed by atoms with E-state index in [-0.39, 0.29) is 11.8 Å². The fraction of sp³-hybridized carbons (Fsp3) is 1.00. The molecule has 1 rings (SSSR count). The Kier molecular flexibility index (Phi) is 7.95. The maximum atomic E-state index is 11.9. The van der Waals surface area contributed by atoms with E-state index in [1.54, 1.807) is 0 Å². The molecule has 0 radical (unpaired) electrons. The van der Waals surface area contributed by atoms with Gasteiger partial charge in [0.2, 0.25) is 10.0 Å². The van der Waals surface area contributed by atoms with E-state index in [1.165, 1.54) is 19.3 Å². The van der Waals surface area contributed by atoms with Crippen LogP contribution in [0.25, 0.3) is 0 Å². The first-order valence-corrected chi connectivity index (χ1v) is 9.43. The minimum atomic E-state index is -3.08. The minimum Gasteiger partial charge on any atom is -0.317 e. The molecule has 0 aromatic heterocycles. The van der Waals surface area contributed by atoms with Crippen LogP contribution in [0.15, 0.2) is 0 Å². The fourth-order valence-corrected chi connectivity index (χ4v) is 4.08. The first kappa shape index (κ1) is 16.9.